The molecule has 0 aliphatic carbocycles. The van der Waals surface area contributed by atoms with Gasteiger partial charge in [-0.25, -0.2) is 9.97 Å². The first-order chi connectivity index (χ1) is 9.11. The van der Waals surface area contributed by atoms with Gasteiger partial charge in [0.25, 0.3) is 0 Å². The van der Waals surface area contributed by atoms with Crippen molar-refractivity contribution in [1.29, 1.82) is 0 Å². The van der Waals surface area contributed by atoms with E-state index in [0.29, 0.717) is 22.3 Å². The molecule has 1 aromatic carbocycles. The number of nitrogens with one attached hydrogen (secondary N) is 1. The lowest BCUT2D eigenvalue weighted by Crippen LogP contribution is -2.14. The minimum Gasteiger partial charge on any atom is -0.495 e. The number of rotatable bonds is 4. The van der Waals surface area contributed by atoms with E-state index in [0.717, 1.165) is 5.69 Å². The van der Waals surface area contributed by atoms with Crippen molar-refractivity contribution in [3.05, 3.63) is 41.3 Å². The molecule has 3 N–H and O–H groups in total. The summed E-state index contributed by atoms with van der Waals surface area (Å²) in [4.78, 5) is 8.42. The standard InChI is InChI=1S/C12H11ClN4OS/c1-18-9-6-7(2-3-8(9)13)17-12-10(11(14)19)15-4-5-16-12/h2-6H,1H3,(H2,14,19)(H,16,17). The molecular weight excluding hydrogens is 284 g/mol. The van der Waals surface area contributed by atoms with E-state index in [9.17, 15) is 0 Å². The van der Waals surface area contributed by atoms with Crippen LogP contribution < -0.4 is 15.8 Å². The normalized spacial score (nSPS) is 10.0. The van der Waals surface area contributed by atoms with Crippen LogP contribution in [-0.2, 0) is 0 Å². The van der Waals surface area contributed by atoms with Crippen LogP contribution >= 0.6 is 23.8 Å². The summed E-state index contributed by atoms with van der Waals surface area (Å²) in [6, 6.07) is 5.27. The second kappa shape index (κ2) is 5.81. The fourth-order valence-corrected chi connectivity index (χ4v) is 1.83. The van der Waals surface area contributed by atoms with Crippen LogP contribution in [0.15, 0.2) is 30.6 Å². The quantitative estimate of drug-likeness (QED) is 0.844. The highest BCUT2D eigenvalue weighted by Gasteiger charge is 2.09. The number of hydrogen-bond donors (Lipinski definition) is 2. The molecule has 0 fully saturated rings. The van der Waals surface area contributed by atoms with Crippen LogP contribution in [0.2, 0.25) is 5.02 Å². The van der Waals surface area contributed by atoms with Crippen LogP contribution in [0.1, 0.15) is 5.69 Å². The molecule has 98 valence electrons. The maximum Gasteiger partial charge on any atom is 0.159 e. The molecule has 2 rings (SSSR count). The molecule has 0 spiro atoms. The molecule has 0 radical (unpaired) electrons. The summed E-state index contributed by atoms with van der Waals surface area (Å²) in [7, 11) is 1.55. The molecule has 0 atom stereocenters. The lowest BCUT2D eigenvalue weighted by atomic mass is 10.3. The average Bonchev–Trinajstić information content (AvgIpc) is 2.41. The van der Waals surface area contributed by atoms with Crippen molar-refractivity contribution < 1.29 is 4.74 Å². The summed E-state index contributed by atoms with van der Waals surface area (Å²) < 4.78 is 5.14. The predicted octanol–water partition coefficient (Wildman–Crippen LogP) is 2.52. The third kappa shape index (κ3) is 3.10. The Labute approximate surface area is 120 Å². The number of ether oxygens (including phenoxy) is 1. The second-order valence-electron chi connectivity index (χ2n) is 3.59. The number of anilines is 2. The van der Waals surface area contributed by atoms with E-state index < -0.39 is 0 Å². The van der Waals surface area contributed by atoms with Gasteiger partial charge in [-0.1, -0.05) is 23.8 Å². The predicted molar refractivity (Wildman–Crippen MR) is 79.2 cm³/mol. The molecule has 0 saturated carbocycles. The van der Waals surface area contributed by atoms with Gasteiger partial charge in [-0.05, 0) is 12.1 Å². The summed E-state index contributed by atoms with van der Waals surface area (Å²) in [5, 5.41) is 3.61. The number of hydrogen-bond acceptors (Lipinski definition) is 5. The smallest absolute Gasteiger partial charge is 0.159 e. The van der Waals surface area contributed by atoms with Gasteiger partial charge < -0.3 is 15.8 Å². The third-order valence-electron chi connectivity index (χ3n) is 2.35. The van der Waals surface area contributed by atoms with Crippen LogP contribution in [0, 0.1) is 0 Å². The number of benzene rings is 1. The van der Waals surface area contributed by atoms with Gasteiger partial charge in [-0.15, -0.1) is 0 Å². The summed E-state index contributed by atoms with van der Waals surface area (Å²) >= 11 is 10.9. The van der Waals surface area contributed by atoms with Crippen LogP contribution in [-0.4, -0.2) is 22.1 Å². The van der Waals surface area contributed by atoms with Gasteiger partial charge in [0.2, 0.25) is 0 Å². The van der Waals surface area contributed by atoms with E-state index in [2.05, 4.69) is 15.3 Å². The van der Waals surface area contributed by atoms with Gasteiger partial charge in [0.15, 0.2) is 5.82 Å². The largest absolute Gasteiger partial charge is 0.495 e. The van der Waals surface area contributed by atoms with Crippen LogP contribution in [0.4, 0.5) is 11.5 Å². The third-order valence-corrected chi connectivity index (χ3v) is 2.85. The number of aromatic nitrogens is 2. The maximum absolute atomic E-state index is 5.96. The molecule has 1 aromatic heterocycles. The van der Waals surface area contributed by atoms with Gasteiger partial charge in [0.05, 0.1) is 12.1 Å². The zero-order valence-corrected chi connectivity index (χ0v) is 11.6. The van der Waals surface area contributed by atoms with Crippen molar-refractivity contribution in [1.82, 2.24) is 9.97 Å². The van der Waals surface area contributed by atoms with Crippen molar-refractivity contribution >= 4 is 40.3 Å². The Kier molecular flexibility index (Phi) is 4.13. The SMILES string of the molecule is COc1cc(Nc2nccnc2C(N)=S)ccc1Cl. The molecule has 7 heteroatoms. The molecule has 0 bridgehead atoms. The number of halogens is 1. The second-order valence-corrected chi connectivity index (χ2v) is 4.44. The van der Waals surface area contributed by atoms with Crippen molar-refractivity contribution in [2.45, 2.75) is 0 Å². The van der Waals surface area contributed by atoms with Gasteiger partial charge in [0, 0.05) is 24.1 Å². The van der Waals surface area contributed by atoms with Crippen LogP contribution in [0.5, 0.6) is 5.75 Å². The van der Waals surface area contributed by atoms with Crippen molar-refractivity contribution in [3.8, 4) is 5.75 Å². The number of nitrogens with two attached hydrogens (primary N) is 1. The lowest BCUT2D eigenvalue weighted by molar-refractivity contribution is 0.415. The van der Waals surface area contributed by atoms with E-state index in [1.165, 1.54) is 6.20 Å². The molecule has 19 heavy (non-hydrogen) atoms. The molecule has 0 amide bonds. The lowest BCUT2D eigenvalue weighted by Gasteiger charge is -2.10. The summed E-state index contributed by atoms with van der Waals surface area (Å²) in [6.07, 6.45) is 3.08. The topological polar surface area (TPSA) is 73.1 Å². The van der Waals surface area contributed by atoms with E-state index in [1.807, 2.05) is 0 Å². The summed E-state index contributed by atoms with van der Waals surface area (Å²) in [6.45, 7) is 0. The Bertz CT molecular complexity index is 620. The Hall–Kier alpha value is -1.92. The molecule has 0 aliphatic rings. The van der Waals surface area contributed by atoms with Crippen molar-refractivity contribution in [2.75, 3.05) is 12.4 Å². The van der Waals surface area contributed by atoms with Gasteiger partial charge >= 0.3 is 0 Å². The minimum absolute atomic E-state index is 0.177. The fourth-order valence-electron chi connectivity index (χ4n) is 1.48. The summed E-state index contributed by atoms with van der Waals surface area (Å²) in [5.41, 5.74) is 6.78. The highest BCUT2D eigenvalue weighted by molar-refractivity contribution is 7.80. The number of thiocarbonyl (C=S) groups is 1. The molecule has 1 heterocycles. The van der Waals surface area contributed by atoms with E-state index in [-0.39, 0.29) is 4.99 Å². The van der Waals surface area contributed by atoms with Crippen molar-refractivity contribution in [3.63, 3.8) is 0 Å². The molecule has 0 unspecified atom stereocenters. The molecule has 2 aromatic rings. The van der Waals surface area contributed by atoms with Gasteiger partial charge in [0.1, 0.15) is 16.4 Å². The fraction of sp³-hybridized carbons (Fsp3) is 0.0833. The Morgan fingerprint density at radius 1 is 1.37 bits per heavy atom. The first-order valence-electron chi connectivity index (χ1n) is 5.33. The molecular formula is C12H11ClN4OS. The average molecular weight is 295 g/mol. The van der Waals surface area contributed by atoms with E-state index in [4.69, 9.17) is 34.3 Å². The highest BCUT2D eigenvalue weighted by atomic mass is 35.5. The maximum atomic E-state index is 5.96. The Morgan fingerprint density at radius 2 is 2.11 bits per heavy atom. The van der Waals surface area contributed by atoms with Crippen molar-refractivity contribution in [2.24, 2.45) is 5.73 Å². The Morgan fingerprint density at radius 3 is 2.79 bits per heavy atom. The minimum atomic E-state index is 0.177. The zero-order chi connectivity index (χ0) is 13.8. The van der Waals surface area contributed by atoms with Crippen LogP contribution in [0.3, 0.4) is 0 Å². The van der Waals surface area contributed by atoms with E-state index in [1.54, 1.807) is 31.5 Å². The Balaban J connectivity index is 2.34. The number of nitrogens with zero attached hydrogens (tertiary/aromatic N) is 2. The first-order valence-corrected chi connectivity index (χ1v) is 6.12. The number of methoxy groups -OCH3 is 1. The molecule has 5 nitrogen and oxygen atoms in total. The van der Waals surface area contributed by atoms with Gasteiger partial charge in [-0.2, -0.15) is 0 Å². The molecule has 0 aliphatic heterocycles. The zero-order valence-electron chi connectivity index (χ0n) is 10.1. The monoisotopic (exact) mass is 294 g/mol. The van der Waals surface area contributed by atoms with Gasteiger partial charge in [-0.3, -0.25) is 0 Å². The van der Waals surface area contributed by atoms with Crippen LogP contribution in [0.25, 0.3) is 0 Å². The summed E-state index contributed by atoms with van der Waals surface area (Å²) in [5.74, 6) is 1.05. The highest BCUT2D eigenvalue weighted by Crippen LogP contribution is 2.28. The molecule has 0 saturated heterocycles. The van der Waals surface area contributed by atoms with E-state index >= 15 is 0 Å². The first kappa shape index (κ1) is 13.5.